The fraction of sp³-hybridized carbons (Fsp3) is 0.333. The number of carbonyl (C=O) groups excluding carboxylic acids is 1. The van der Waals surface area contributed by atoms with Gasteiger partial charge < -0.3 is 16.2 Å². The Balaban J connectivity index is 2.59. The van der Waals surface area contributed by atoms with Crippen molar-refractivity contribution in [1.29, 1.82) is 0 Å². The third kappa shape index (κ3) is 4.14. The summed E-state index contributed by atoms with van der Waals surface area (Å²) in [6.45, 7) is 1.71. The van der Waals surface area contributed by atoms with Gasteiger partial charge in [0.2, 0.25) is 5.91 Å². The van der Waals surface area contributed by atoms with Crippen LogP contribution in [0.5, 0.6) is 0 Å². The summed E-state index contributed by atoms with van der Waals surface area (Å²) in [4.78, 5) is 22.0. The number of aliphatic carboxylic acids is 1. The first-order valence-corrected chi connectivity index (χ1v) is 5.43. The molecule has 0 aromatic heterocycles. The van der Waals surface area contributed by atoms with Crippen LogP contribution in [0.4, 0.5) is 4.39 Å². The predicted molar refractivity (Wildman–Crippen MR) is 63.2 cm³/mol. The predicted octanol–water partition coefficient (Wildman–Crippen LogP) is 0.805. The van der Waals surface area contributed by atoms with Crippen molar-refractivity contribution >= 4 is 11.9 Å². The Morgan fingerprint density at radius 2 is 1.94 bits per heavy atom. The van der Waals surface area contributed by atoms with E-state index in [1.54, 1.807) is 19.1 Å². The van der Waals surface area contributed by atoms with Gasteiger partial charge in [0, 0.05) is 0 Å². The summed E-state index contributed by atoms with van der Waals surface area (Å²) >= 11 is 0. The maximum Gasteiger partial charge on any atom is 0.305 e. The number of rotatable bonds is 5. The molecule has 1 aromatic carbocycles. The van der Waals surface area contributed by atoms with Crippen LogP contribution in [-0.2, 0) is 9.59 Å². The van der Waals surface area contributed by atoms with Crippen LogP contribution in [0.25, 0.3) is 0 Å². The van der Waals surface area contributed by atoms with Gasteiger partial charge in [0.25, 0.3) is 0 Å². The minimum Gasteiger partial charge on any atom is -0.481 e. The molecule has 0 aliphatic heterocycles. The van der Waals surface area contributed by atoms with Gasteiger partial charge in [0.1, 0.15) is 5.82 Å². The molecular weight excluding hydrogens is 239 g/mol. The number of hydrogen-bond donors (Lipinski definition) is 3. The van der Waals surface area contributed by atoms with Crippen LogP contribution in [0, 0.1) is 5.82 Å². The maximum absolute atomic E-state index is 12.7. The summed E-state index contributed by atoms with van der Waals surface area (Å²) < 4.78 is 12.7. The molecule has 1 amide bonds. The first-order chi connectivity index (χ1) is 8.40. The van der Waals surface area contributed by atoms with E-state index in [2.05, 4.69) is 5.32 Å². The highest BCUT2D eigenvalue weighted by Gasteiger charge is 2.19. The number of carboxylic acids is 1. The van der Waals surface area contributed by atoms with E-state index in [9.17, 15) is 14.0 Å². The minimum absolute atomic E-state index is 0.361. The van der Waals surface area contributed by atoms with E-state index in [1.807, 2.05) is 0 Å². The van der Waals surface area contributed by atoms with Gasteiger partial charge in [-0.3, -0.25) is 9.59 Å². The fourth-order valence-corrected chi connectivity index (χ4v) is 1.44. The molecule has 2 atom stereocenters. The van der Waals surface area contributed by atoms with Crippen molar-refractivity contribution in [2.75, 3.05) is 0 Å². The molecule has 1 rings (SSSR count). The number of halogens is 1. The molecule has 0 heterocycles. The average molecular weight is 254 g/mol. The topological polar surface area (TPSA) is 92.4 Å². The second-order valence-corrected chi connectivity index (χ2v) is 3.99. The number of nitrogens with one attached hydrogen (secondary N) is 1. The first-order valence-electron chi connectivity index (χ1n) is 5.43. The van der Waals surface area contributed by atoms with Crippen LogP contribution in [0.2, 0.25) is 0 Å². The number of carbonyl (C=O) groups is 2. The van der Waals surface area contributed by atoms with E-state index in [0.29, 0.717) is 5.56 Å². The van der Waals surface area contributed by atoms with Crippen LogP contribution in [0.15, 0.2) is 24.3 Å². The van der Waals surface area contributed by atoms with E-state index in [4.69, 9.17) is 10.8 Å². The lowest BCUT2D eigenvalue weighted by Gasteiger charge is -2.17. The molecular formula is C12H15FN2O3. The molecule has 98 valence electrons. The molecule has 0 bridgehead atoms. The first kappa shape index (κ1) is 14.1. The van der Waals surface area contributed by atoms with Gasteiger partial charge in [0.15, 0.2) is 0 Å². The second-order valence-electron chi connectivity index (χ2n) is 3.99. The highest BCUT2D eigenvalue weighted by molar-refractivity contribution is 5.86. The number of nitrogens with two attached hydrogens (primary N) is 1. The third-order valence-corrected chi connectivity index (χ3v) is 2.46. The van der Waals surface area contributed by atoms with E-state index in [-0.39, 0.29) is 11.9 Å². The van der Waals surface area contributed by atoms with E-state index in [1.165, 1.54) is 12.1 Å². The molecule has 0 aliphatic carbocycles. The van der Waals surface area contributed by atoms with Crippen LogP contribution in [0.3, 0.4) is 0 Å². The molecule has 6 heteroatoms. The fourth-order valence-electron chi connectivity index (χ4n) is 1.44. The zero-order valence-electron chi connectivity index (χ0n) is 9.89. The Hall–Kier alpha value is -1.95. The van der Waals surface area contributed by atoms with Gasteiger partial charge in [-0.05, 0) is 24.6 Å². The van der Waals surface area contributed by atoms with Crippen LogP contribution < -0.4 is 11.1 Å². The Morgan fingerprint density at radius 3 is 2.44 bits per heavy atom. The summed E-state index contributed by atoms with van der Waals surface area (Å²) in [5, 5.41) is 11.1. The molecule has 0 spiro atoms. The number of hydrogen-bond acceptors (Lipinski definition) is 3. The summed E-state index contributed by atoms with van der Waals surface area (Å²) in [6.07, 6.45) is -0.429. The zero-order chi connectivity index (χ0) is 13.7. The summed E-state index contributed by atoms with van der Waals surface area (Å²) in [5.41, 5.74) is 6.13. The molecule has 0 fully saturated rings. The molecule has 1 aromatic rings. The van der Waals surface area contributed by atoms with Gasteiger partial charge in [0.05, 0.1) is 18.5 Å². The van der Waals surface area contributed by atoms with E-state index < -0.39 is 24.3 Å². The SMILES string of the molecule is C[C@H](NC(=O)C(N)CC(=O)O)c1ccc(F)cc1. The van der Waals surface area contributed by atoms with Gasteiger partial charge >= 0.3 is 5.97 Å². The molecule has 0 saturated carbocycles. The van der Waals surface area contributed by atoms with Crippen molar-refractivity contribution in [3.8, 4) is 0 Å². The van der Waals surface area contributed by atoms with Crippen molar-refractivity contribution in [2.45, 2.75) is 25.4 Å². The monoisotopic (exact) mass is 254 g/mol. The standard InChI is InChI=1S/C12H15FN2O3/c1-7(8-2-4-9(13)5-3-8)15-12(18)10(14)6-11(16)17/h2-5,7,10H,6,14H2,1H3,(H,15,18)(H,16,17)/t7-,10?/m0/s1. The zero-order valence-corrected chi connectivity index (χ0v) is 9.89. The average Bonchev–Trinajstić information content (AvgIpc) is 2.28. The summed E-state index contributed by atoms with van der Waals surface area (Å²) in [5.74, 6) is -2.04. The van der Waals surface area contributed by atoms with Crippen molar-refractivity contribution in [3.05, 3.63) is 35.6 Å². The third-order valence-electron chi connectivity index (χ3n) is 2.46. The van der Waals surface area contributed by atoms with Crippen molar-refractivity contribution in [1.82, 2.24) is 5.32 Å². The lowest BCUT2D eigenvalue weighted by Crippen LogP contribution is -2.42. The molecule has 18 heavy (non-hydrogen) atoms. The van der Waals surface area contributed by atoms with E-state index in [0.717, 1.165) is 0 Å². The number of carboxylic acid groups (broad SMARTS) is 1. The molecule has 0 saturated heterocycles. The molecule has 0 radical (unpaired) electrons. The highest BCUT2D eigenvalue weighted by Crippen LogP contribution is 2.12. The highest BCUT2D eigenvalue weighted by atomic mass is 19.1. The van der Waals surface area contributed by atoms with Crippen molar-refractivity contribution < 1.29 is 19.1 Å². The molecule has 5 nitrogen and oxygen atoms in total. The van der Waals surface area contributed by atoms with Gasteiger partial charge in [-0.1, -0.05) is 12.1 Å². The number of benzene rings is 1. The van der Waals surface area contributed by atoms with Gasteiger partial charge in [-0.15, -0.1) is 0 Å². The lowest BCUT2D eigenvalue weighted by molar-refractivity contribution is -0.139. The van der Waals surface area contributed by atoms with E-state index >= 15 is 0 Å². The van der Waals surface area contributed by atoms with Crippen molar-refractivity contribution in [3.63, 3.8) is 0 Å². The Morgan fingerprint density at radius 1 is 1.39 bits per heavy atom. The Labute approximate surface area is 104 Å². The molecule has 0 aliphatic rings. The Bertz CT molecular complexity index is 433. The van der Waals surface area contributed by atoms with Gasteiger partial charge in [-0.2, -0.15) is 0 Å². The second kappa shape index (κ2) is 6.11. The lowest BCUT2D eigenvalue weighted by atomic mass is 10.1. The summed E-state index contributed by atoms with van der Waals surface area (Å²) in [6, 6.07) is 4.21. The van der Waals surface area contributed by atoms with Crippen LogP contribution in [-0.4, -0.2) is 23.0 Å². The van der Waals surface area contributed by atoms with Gasteiger partial charge in [-0.25, -0.2) is 4.39 Å². The quantitative estimate of drug-likeness (QED) is 0.724. The molecule has 4 N–H and O–H groups in total. The van der Waals surface area contributed by atoms with Crippen molar-refractivity contribution in [2.24, 2.45) is 5.73 Å². The normalized spacial score (nSPS) is 13.7. The maximum atomic E-state index is 12.7. The minimum atomic E-state index is -1.13. The Kier molecular flexibility index (Phi) is 4.79. The smallest absolute Gasteiger partial charge is 0.305 e. The summed E-state index contributed by atoms with van der Waals surface area (Å²) in [7, 11) is 0. The largest absolute Gasteiger partial charge is 0.481 e. The number of amides is 1. The van der Waals surface area contributed by atoms with Crippen LogP contribution >= 0.6 is 0 Å². The van der Waals surface area contributed by atoms with Crippen LogP contribution in [0.1, 0.15) is 24.9 Å². The molecule has 1 unspecified atom stereocenters.